The van der Waals surface area contributed by atoms with Gasteiger partial charge in [0.15, 0.2) is 29.3 Å². The summed E-state index contributed by atoms with van der Waals surface area (Å²) in [5.74, 6) is -12.7. The van der Waals surface area contributed by atoms with Gasteiger partial charge in [-0.2, -0.15) is 11.8 Å². The summed E-state index contributed by atoms with van der Waals surface area (Å²) in [7, 11) is 1.59. The zero-order valence-corrected chi connectivity index (χ0v) is 80.4. The Hall–Kier alpha value is -9.70. The van der Waals surface area contributed by atoms with Crippen LogP contribution in [0.15, 0.2) is 46.8 Å². The first-order valence-corrected chi connectivity index (χ1v) is 50.0. The van der Waals surface area contributed by atoms with Gasteiger partial charge in [0, 0.05) is 125 Å². The molecule has 2 unspecified atom stereocenters. The molecule has 3 saturated heterocycles. The zero-order chi connectivity index (χ0) is 97.6. The maximum atomic E-state index is 15.2. The highest BCUT2D eigenvalue weighted by Gasteiger charge is 2.50. The topological polar surface area (TPSA) is 592 Å². The second kappa shape index (κ2) is 60.0. The number of aliphatic hydroxyl groups is 1. The van der Waals surface area contributed by atoms with Crippen molar-refractivity contribution in [2.24, 2.45) is 74.2 Å². The van der Waals surface area contributed by atoms with E-state index in [0.717, 1.165) is 57.8 Å². The Morgan fingerprint density at radius 3 is 1.86 bits per heavy atom. The van der Waals surface area contributed by atoms with E-state index in [-0.39, 0.29) is 170 Å². The molecule has 748 valence electrons. The summed E-state index contributed by atoms with van der Waals surface area (Å²) in [4.78, 5) is 236. The van der Waals surface area contributed by atoms with E-state index in [9.17, 15) is 58.2 Å². The van der Waals surface area contributed by atoms with Gasteiger partial charge in [-0.15, -0.1) is 0 Å². The minimum absolute atomic E-state index is 0.0140. The van der Waals surface area contributed by atoms with Crippen LogP contribution in [-0.4, -0.2) is 280 Å². The van der Waals surface area contributed by atoms with Gasteiger partial charge in [-0.1, -0.05) is 115 Å². The van der Waals surface area contributed by atoms with Gasteiger partial charge in [0.1, 0.15) is 42.0 Å². The normalized spacial score (nSPS) is 19.2. The molecule has 10 amide bonds. The van der Waals surface area contributed by atoms with E-state index in [2.05, 4.69) is 57.2 Å². The largest absolute Gasteiger partial charge is 0.480 e. The van der Waals surface area contributed by atoms with Gasteiger partial charge in [0.25, 0.3) is 0 Å². The number of unbranched alkanes of at least 4 members (excludes halogenated alkanes) is 4. The van der Waals surface area contributed by atoms with Crippen LogP contribution in [0.5, 0.6) is 0 Å². The molecular weight excluding hydrogens is 1770 g/mol. The number of nitrogens with two attached hydrogens (primary N) is 5. The van der Waals surface area contributed by atoms with Gasteiger partial charge in [-0.25, -0.2) is 9.78 Å². The monoisotopic (exact) mass is 1920 g/mol. The number of aliphatic hydroxyl groups excluding tert-OH is 1. The molecule has 7 rings (SSSR count). The zero-order valence-electron chi connectivity index (χ0n) is 78.8. The van der Waals surface area contributed by atoms with Crippen molar-refractivity contribution in [1.29, 1.82) is 0 Å². The van der Waals surface area contributed by atoms with Crippen molar-refractivity contribution in [1.82, 2.24) is 61.9 Å². The fourth-order valence-electron chi connectivity index (χ4n) is 18.7. The Labute approximate surface area is 796 Å². The van der Waals surface area contributed by atoms with Crippen molar-refractivity contribution in [3.8, 4) is 0 Å². The lowest BCUT2D eigenvalue weighted by Crippen LogP contribution is -2.58. The molecule has 3 aliphatic heterocycles. The van der Waals surface area contributed by atoms with E-state index in [4.69, 9.17) is 49.7 Å². The molecule has 134 heavy (non-hydrogen) atoms. The number of ether oxygens (including phenoxy) is 2. The molecule has 38 nitrogen and oxygen atoms in total. The highest BCUT2D eigenvalue weighted by molar-refractivity contribution is 7.99. The number of carbonyl (C=O) groups is 15. The number of carbonyl (C=O) groups excluding carboxylic acids is 14. The van der Waals surface area contributed by atoms with Crippen molar-refractivity contribution in [2.45, 2.75) is 312 Å². The number of fused-ring (bicyclic) bond motifs is 1. The number of guanidine groups is 2. The minimum atomic E-state index is -1.48. The van der Waals surface area contributed by atoms with Crippen LogP contribution in [0.1, 0.15) is 250 Å². The molecule has 2 aromatic rings. The first-order valence-electron chi connectivity index (χ1n) is 48.4. The van der Waals surface area contributed by atoms with Gasteiger partial charge < -0.3 is 105 Å². The Morgan fingerprint density at radius 2 is 1.20 bits per heavy atom. The Morgan fingerprint density at radius 1 is 0.597 bits per heavy atom. The van der Waals surface area contributed by atoms with E-state index in [1.165, 1.54) is 39.0 Å². The SMILES string of the molecule is CCCC[C@H](NC(=O)[C@@H]1CC2CCCCC2N1C(=O)CNC(=O)[C@H](CCCCN)CC(=O)[C@H](Cc1cnc[nH]1)NC(=O)[C@H](CO)CC(=O)[C@H](CC1CCCCC1)NC(=O)[C@H](CCCCN=C(N)N)CC(=O)[C@H]1CCCN1C(=O)[C@H](CCCN=C(N)N)NC(=O)[C@H](CC(C)C)NC(=O)CCSCC(=O)CCCCOCCOC)C(=O)N1CCC[C@H]1C(=O)N[C@@H](Cc1ccc(Cl)cc1)C(=O)O. The van der Waals surface area contributed by atoms with E-state index < -0.39 is 181 Å². The number of nitrogens with zero attached hydrogens (tertiary/aromatic N) is 6. The molecule has 1 aromatic carbocycles. The number of nitrogens with one attached hydrogen (secondary N) is 8. The number of H-pyrrole nitrogens is 1. The number of hydrogen-bond acceptors (Lipinski definition) is 23. The number of likely N-dealkylation sites (tertiary alicyclic amines) is 3. The first-order chi connectivity index (χ1) is 64.3. The van der Waals surface area contributed by atoms with E-state index in [1.807, 2.05) is 20.8 Å². The number of benzene rings is 1. The van der Waals surface area contributed by atoms with Gasteiger partial charge >= 0.3 is 5.97 Å². The van der Waals surface area contributed by atoms with Gasteiger partial charge in [0.05, 0.1) is 62.5 Å². The van der Waals surface area contributed by atoms with Crippen LogP contribution in [0.3, 0.4) is 0 Å². The molecule has 4 heterocycles. The van der Waals surface area contributed by atoms with Gasteiger partial charge in [0.2, 0.25) is 59.1 Å². The second-order valence-corrected chi connectivity index (χ2v) is 38.4. The standard InChI is InChI=1S/C94H150ClN19O19S/c1-5-6-27-69(91(129)113-41-20-31-77(113)88(126)111-74(92(130)131)48-61-32-34-66(95)35-33-61)108-89(127)78-49-62-23-10-11-29-75(62)114(78)83(121)55-104-84(122)63(24-12-15-37-96)50-79(117)72(53-67-54-101-58-105-67)110-86(124)65(56-115)52-80(118)71(47-60-21-8-7-9-22-60)109-85(123)64(25-13-16-38-102-93(97)98)51-81(119)76-30-19-40-112(76)90(128)70(28-18-39-103-94(99)100)107-87(125)73(46-59(2)3)106-82(120)36-45-134-57-68(116)26-14-17-42-133-44-43-132-4/h32-35,54,58-60,62-65,69-78,115H,5-31,36-53,55-57,96H2,1-4H3,(H,101,105)(H,104,122)(H,106,120)(H,107,125)(H,108,127)(H,109,123)(H,110,124)(H,111,126)(H,130,131)(H4,97,98,102)(H4,99,100,103)/t62?,63-,64-,65+,69+,70+,71+,72+,73+,74+,75?,76-,77+,78+/m1/s1. The second-order valence-electron chi connectivity index (χ2n) is 36.9. The highest BCUT2D eigenvalue weighted by Crippen LogP contribution is 2.41. The van der Waals surface area contributed by atoms with Crippen molar-refractivity contribution in [3.63, 3.8) is 0 Å². The number of rotatable bonds is 64. The van der Waals surface area contributed by atoms with Crippen LogP contribution in [0, 0.1) is 35.5 Å². The number of aliphatic carboxylic acids is 1. The van der Waals surface area contributed by atoms with Crippen molar-refractivity contribution < 1.29 is 91.6 Å². The maximum Gasteiger partial charge on any atom is 0.326 e. The number of aromatic nitrogens is 2. The Balaban J connectivity index is 1.03. The fraction of sp³-hybridized carbons (Fsp3) is 0.723. The van der Waals surface area contributed by atoms with Gasteiger partial charge in [-0.3, -0.25) is 77.1 Å². The number of thioether (sulfide) groups is 1. The molecule has 2 saturated carbocycles. The Kier molecular flexibility index (Phi) is 49.8. The molecule has 14 atom stereocenters. The average molecular weight is 1920 g/mol. The van der Waals surface area contributed by atoms with Crippen LogP contribution in [0.25, 0.3) is 0 Å². The third kappa shape index (κ3) is 38.1. The van der Waals surface area contributed by atoms with Gasteiger partial charge in [-0.05, 0) is 158 Å². The number of Topliss-reactive ketones (excluding diaryl/α,β-unsaturated/α-hetero) is 4. The number of hydrogen-bond donors (Lipinski definition) is 15. The molecule has 40 heteroatoms. The minimum Gasteiger partial charge on any atom is -0.480 e. The fourth-order valence-corrected chi connectivity index (χ4v) is 19.7. The number of amides is 10. The maximum absolute atomic E-state index is 15.2. The summed E-state index contributed by atoms with van der Waals surface area (Å²) < 4.78 is 10.5. The summed E-state index contributed by atoms with van der Waals surface area (Å²) in [6.07, 6.45) is 15.4. The molecule has 0 bridgehead atoms. The van der Waals surface area contributed by atoms with E-state index in [1.54, 1.807) is 31.4 Å². The molecule has 5 fully saturated rings. The number of ketones is 4. The molecule has 5 aliphatic rings. The van der Waals surface area contributed by atoms with E-state index in [0.29, 0.717) is 112 Å². The molecule has 20 N–H and O–H groups in total. The van der Waals surface area contributed by atoms with Crippen LogP contribution in [-0.2, 0) is 94.2 Å². The summed E-state index contributed by atoms with van der Waals surface area (Å²) in [6, 6.07) is -4.26. The third-order valence-corrected chi connectivity index (χ3v) is 27.2. The highest BCUT2D eigenvalue weighted by atomic mass is 35.5. The van der Waals surface area contributed by atoms with Crippen molar-refractivity contribution in [3.05, 3.63) is 53.1 Å². The summed E-state index contributed by atoms with van der Waals surface area (Å²) in [5.41, 5.74) is 29.7. The number of aromatic amines is 1. The quantitative estimate of drug-likeness (QED) is 0.0251. The molecule has 1 aromatic heterocycles. The van der Waals surface area contributed by atoms with Crippen LogP contribution in [0.4, 0.5) is 0 Å². The average Bonchev–Trinajstić information content (AvgIpc) is 1.63. The predicted octanol–water partition coefficient (Wildman–Crippen LogP) is 4.18. The number of halogens is 1. The lowest BCUT2D eigenvalue weighted by atomic mass is 9.82. The van der Waals surface area contributed by atoms with Crippen molar-refractivity contribution >= 4 is 123 Å². The lowest BCUT2D eigenvalue weighted by molar-refractivity contribution is -0.146. The molecular formula is C94H150ClN19O19S. The summed E-state index contributed by atoms with van der Waals surface area (Å²) in [6.45, 7) is 6.56. The summed E-state index contributed by atoms with van der Waals surface area (Å²) in [5, 5.41) is 41.6. The van der Waals surface area contributed by atoms with Crippen LogP contribution >= 0.6 is 23.4 Å². The first kappa shape index (κ1) is 111. The van der Waals surface area contributed by atoms with Crippen LogP contribution in [0.2, 0.25) is 5.02 Å². The van der Waals surface area contributed by atoms with Crippen molar-refractivity contribution in [2.75, 3.05) is 84.3 Å². The number of carboxylic acids is 1. The lowest BCUT2D eigenvalue weighted by Gasteiger charge is -2.34. The van der Waals surface area contributed by atoms with Crippen LogP contribution < -0.4 is 65.9 Å². The molecule has 2 aliphatic carbocycles. The van der Waals surface area contributed by atoms with E-state index >= 15 is 24.0 Å². The molecule has 0 spiro atoms. The summed E-state index contributed by atoms with van der Waals surface area (Å²) >= 11 is 7.39. The number of carboxylic acid groups (broad SMARTS) is 1. The molecule has 0 radical (unpaired) electrons. The number of imidazole rings is 1. The number of methoxy groups -OCH3 is 1. The Bertz CT molecular complexity index is 4170. The third-order valence-electron chi connectivity index (χ3n) is 26.0. The smallest absolute Gasteiger partial charge is 0.326 e. The number of aliphatic imine (C=N–C) groups is 2. The predicted molar refractivity (Wildman–Crippen MR) is 508 cm³/mol.